The van der Waals surface area contributed by atoms with Gasteiger partial charge in [0.2, 0.25) is 0 Å². The third kappa shape index (κ3) is 2.85. The number of fused-ring (bicyclic) bond motifs is 1. The van der Waals surface area contributed by atoms with Crippen LogP contribution in [0.1, 0.15) is 12.5 Å². The van der Waals surface area contributed by atoms with Gasteiger partial charge in [0.15, 0.2) is 11.0 Å². The Balaban J connectivity index is 1.94. The number of aromatic nitrogens is 2. The topological polar surface area (TPSA) is 50.2 Å². The number of hydrazone groups is 1. The molecule has 0 aliphatic carbocycles. The van der Waals surface area contributed by atoms with Gasteiger partial charge in [-0.2, -0.15) is 5.10 Å². The molecule has 3 rings (SSSR count). The molecule has 0 atom stereocenters. The molecule has 104 valence electrons. The molecule has 0 amide bonds. The highest BCUT2D eigenvalue weighted by atomic mass is 35.5. The molecular formula is C16H13ClN4. The molecule has 1 heterocycles. The molecule has 4 nitrogen and oxygen atoms in total. The van der Waals surface area contributed by atoms with Crippen LogP contribution >= 0.6 is 11.6 Å². The first kappa shape index (κ1) is 13.5. The van der Waals surface area contributed by atoms with Crippen molar-refractivity contribution in [1.82, 2.24) is 10.2 Å². The summed E-state index contributed by atoms with van der Waals surface area (Å²) in [5.74, 6) is 0.588. The summed E-state index contributed by atoms with van der Waals surface area (Å²) in [6.07, 6.45) is 0. The Bertz CT molecular complexity index is 800. The molecule has 2 aromatic carbocycles. The van der Waals surface area contributed by atoms with Crippen LogP contribution in [0.4, 0.5) is 5.82 Å². The number of rotatable bonds is 3. The molecule has 0 saturated heterocycles. The number of nitrogens with zero attached hydrogens (tertiary/aromatic N) is 3. The molecule has 0 fully saturated rings. The van der Waals surface area contributed by atoms with E-state index >= 15 is 0 Å². The van der Waals surface area contributed by atoms with E-state index in [0.29, 0.717) is 11.0 Å². The molecular weight excluding hydrogens is 284 g/mol. The van der Waals surface area contributed by atoms with Gasteiger partial charge in [-0.25, -0.2) is 0 Å². The summed E-state index contributed by atoms with van der Waals surface area (Å²) in [7, 11) is 0. The Morgan fingerprint density at radius 3 is 2.38 bits per heavy atom. The molecule has 3 aromatic rings. The molecule has 0 unspecified atom stereocenters. The molecule has 0 bridgehead atoms. The van der Waals surface area contributed by atoms with Crippen LogP contribution in [0.3, 0.4) is 0 Å². The zero-order valence-electron chi connectivity index (χ0n) is 11.4. The molecule has 0 spiro atoms. The van der Waals surface area contributed by atoms with Crippen LogP contribution in [-0.2, 0) is 0 Å². The Morgan fingerprint density at radius 1 is 0.952 bits per heavy atom. The van der Waals surface area contributed by atoms with Crippen LogP contribution in [0.25, 0.3) is 10.8 Å². The maximum Gasteiger partial charge on any atom is 0.176 e. The molecule has 1 N–H and O–H groups in total. The van der Waals surface area contributed by atoms with Gasteiger partial charge in [-0.3, -0.25) is 5.43 Å². The van der Waals surface area contributed by atoms with E-state index in [1.54, 1.807) is 0 Å². The van der Waals surface area contributed by atoms with E-state index in [4.69, 9.17) is 11.6 Å². The number of halogens is 1. The van der Waals surface area contributed by atoms with Crippen molar-refractivity contribution in [2.24, 2.45) is 5.10 Å². The van der Waals surface area contributed by atoms with Gasteiger partial charge in [-0.15, -0.1) is 10.2 Å². The largest absolute Gasteiger partial charge is 0.259 e. The minimum Gasteiger partial charge on any atom is -0.259 e. The SMILES string of the molecule is CC(=NNc1nnc(Cl)c2ccccc12)c1ccccc1. The van der Waals surface area contributed by atoms with Gasteiger partial charge in [-0.05, 0) is 12.5 Å². The lowest BCUT2D eigenvalue weighted by molar-refractivity contribution is 1.04. The van der Waals surface area contributed by atoms with Crippen LogP contribution in [0.15, 0.2) is 59.7 Å². The van der Waals surface area contributed by atoms with Gasteiger partial charge in [0.1, 0.15) is 0 Å². The smallest absolute Gasteiger partial charge is 0.176 e. The number of benzene rings is 2. The Kier molecular flexibility index (Phi) is 3.79. The summed E-state index contributed by atoms with van der Waals surface area (Å²) in [6.45, 7) is 1.94. The van der Waals surface area contributed by atoms with E-state index in [1.807, 2.05) is 61.5 Å². The first-order valence-electron chi connectivity index (χ1n) is 6.52. The second kappa shape index (κ2) is 5.89. The fraction of sp³-hybridized carbons (Fsp3) is 0.0625. The summed E-state index contributed by atoms with van der Waals surface area (Å²) in [5.41, 5.74) is 4.89. The van der Waals surface area contributed by atoms with E-state index in [0.717, 1.165) is 22.0 Å². The first-order chi connectivity index (χ1) is 10.3. The van der Waals surface area contributed by atoms with Crippen LogP contribution in [0.2, 0.25) is 5.15 Å². The predicted octanol–water partition coefficient (Wildman–Crippen LogP) is 4.12. The normalized spacial score (nSPS) is 11.6. The van der Waals surface area contributed by atoms with Gasteiger partial charge >= 0.3 is 0 Å². The van der Waals surface area contributed by atoms with Gasteiger partial charge in [0.05, 0.1) is 5.71 Å². The minimum atomic E-state index is 0.389. The lowest BCUT2D eigenvalue weighted by Crippen LogP contribution is -2.02. The number of anilines is 1. The third-order valence-corrected chi connectivity index (χ3v) is 3.44. The zero-order valence-corrected chi connectivity index (χ0v) is 12.2. The molecule has 21 heavy (non-hydrogen) atoms. The molecule has 1 aromatic heterocycles. The highest BCUT2D eigenvalue weighted by molar-refractivity contribution is 6.34. The monoisotopic (exact) mass is 296 g/mol. The summed E-state index contributed by atoms with van der Waals surface area (Å²) in [4.78, 5) is 0. The molecule has 0 aliphatic heterocycles. The fourth-order valence-electron chi connectivity index (χ4n) is 2.03. The summed E-state index contributed by atoms with van der Waals surface area (Å²) >= 11 is 6.05. The van der Waals surface area contributed by atoms with Crippen LogP contribution in [0.5, 0.6) is 0 Å². The van der Waals surface area contributed by atoms with Crippen molar-refractivity contribution in [2.45, 2.75) is 6.92 Å². The van der Waals surface area contributed by atoms with Crippen LogP contribution in [-0.4, -0.2) is 15.9 Å². The van der Waals surface area contributed by atoms with E-state index in [1.165, 1.54) is 0 Å². The number of nitrogens with one attached hydrogen (secondary N) is 1. The molecule has 0 radical (unpaired) electrons. The third-order valence-electron chi connectivity index (χ3n) is 3.16. The number of hydrogen-bond acceptors (Lipinski definition) is 4. The van der Waals surface area contributed by atoms with Crippen molar-refractivity contribution in [1.29, 1.82) is 0 Å². The van der Waals surface area contributed by atoms with Crippen molar-refractivity contribution in [2.75, 3.05) is 5.43 Å². The lowest BCUT2D eigenvalue weighted by Gasteiger charge is -2.06. The highest BCUT2D eigenvalue weighted by Crippen LogP contribution is 2.25. The van der Waals surface area contributed by atoms with Gasteiger partial charge in [0.25, 0.3) is 0 Å². The van der Waals surface area contributed by atoms with Gasteiger partial charge in [0, 0.05) is 10.8 Å². The minimum absolute atomic E-state index is 0.389. The Morgan fingerprint density at radius 2 is 1.62 bits per heavy atom. The highest BCUT2D eigenvalue weighted by Gasteiger charge is 2.06. The Hall–Kier alpha value is -2.46. The van der Waals surface area contributed by atoms with Crippen LogP contribution in [0, 0.1) is 0 Å². The quantitative estimate of drug-likeness (QED) is 0.584. The zero-order chi connectivity index (χ0) is 14.7. The summed E-state index contributed by atoms with van der Waals surface area (Å²) in [5, 5.41) is 14.5. The average molecular weight is 297 g/mol. The Labute approximate surface area is 127 Å². The molecule has 0 saturated carbocycles. The van der Waals surface area contributed by atoms with E-state index in [-0.39, 0.29) is 0 Å². The first-order valence-corrected chi connectivity index (χ1v) is 6.90. The van der Waals surface area contributed by atoms with Gasteiger partial charge < -0.3 is 0 Å². The standard InChI is InChI=1S/C16H13ClN4/c1-11(12-7-3-2-4-8-12)18-20-16-14-10-6-5-9-13(14)15(17)19-21-16/h2-10H,1H3,(H,20,21). The maximum absolute atomic E-state index is 6.05. The lowest BCUT2D eigenvalue weighted by atomic mass is 10.1. The molecule has 5 heteroatoms. The average Bonchev–Trinajstić information content (AvgIpc) is 2.55. The fourth-order valence-corrected chi connectivity index (χ4v) is 2.24. The van der Waals surface area contributed by atoms with E-state index in [2.05, 4.69) is 20.7 Å². The van der Waals surface area contributed by atoms with Crippen molar-refractivity contribution < 1.29 is 0 Å². The van der Waals surface area contributed by atoms with Crippen molar-refractivity contribution in [3.05, 3.63) is 65.3 Å². The maximum atomic E-state index is 6.05. The second-order valence-electron chi connectivity index (χ2n) is 4.56. The van der Waals surface area contributed by atoms with Crippen molar-refractivity contribution in [3.63, 3.8) is 0 Å². The van der Waals surface area contributed by atoms with E-state index in [9.17, 15) is 0 Å². The van der Waals surface area contributed by atoms with E-state index < -0.39 is 0 Å². The van der Waals surface area contributed by atoms with Crippen molar-refractivity contribution in [3.8, 4) is 0 Å². The second-order valence-corrected chi connectivity index (χ2v) is 4.92. The molecule has 0 aliphatic rings. The van der Waals surface area contributed by atoms with Crippen molar-refractivity contribution >= 4 is 33.9 Å². The summed E-state index contributed by atoms with van der Waals surface area (Å²) in [6, 6.07) is 17.6. The predicted molar refractivity (Wildman–Crippen MR) is 86.8 cm³/mol. The summed E-state index contributed by atoms with van der Waals surface area (Å²) < 4.78 is 0. The number of hydrogen-bond donors (Lipinski definition) is 1. The van der Waals surface area contributed by atoms with Gasteiger partial charge in [-0.1, -0.05) is 66.2 Å². The van der Waals surface area contributed by atoms with Crippen LogP contribution < -0.4 is 5.43 Å².